The van der Waals surface area contributed by atoms with E-state index in [0.29, 0.717) is 29.9 Å². The van der Waals surface area contributed by atoms with Gasteiger partial charge in [0.1, 0.15) is 0 Å². The molecule has 0 aliphatic heterocycles. The molecule has 3 N–H and O–H groups in total. The Morgan fingerprint density at radius 1 is 1.12 bits per heavy atom. The van der Waals surface area contributed by atoms with E-state index < -0.39 is 0 Å². The highest BCUT2D eigenvalue weighted by Gasteiger charge is 2.20. The number of rotatable bonds is 4. The topological polar surface area (TPSA) is 77.7 Å². The van der Waals surface area contributed by atoms with E-state index in [1.165, 1.54) is 0 Å². The van der Waals surface area contributed by atoms with Crippen molar-refractivity contribution < 1.29 is 19.7 Å². The lowest BCUT2D eigenvalue weighted by Crippen LogP contribution is -2.30. The number of hydrogen-bond donors (Lipinski definition) is 3. The normalized spacial score (nSPS) is 10.9. The van der Waals surface area contributed by atoms with Crippen LogP contribution in [0.2, 0.25) is 0 Å². The van der Waals surface area contributed by atoms with Crippen LogP contribution in [-0.4, -0.2) is 33.5 Å². The highest BCUT2D eigenvalue weighted by molar-refractivity contribution is 5.38. The number of aromatic hydroxyl groups is 1. The molecule has 0 amide bonds. The van der Waals surface area contributed by atoms with Crippen LogP contribution in [0.4, 0.5) is 0 Å². The van der Waals surface area contributed by atoms with Crippen LogP contribution < -0.4 is 4.40 Å². The number of fused-ring (bicyclic) bond motifs is 1. The van der Waals surface area contributed by atoms with Crippen LogP contribution in [0.1, 0.15) is 11.4 Å². The molecule has 0 radical (unpaired) electrons. The van der Waals surface area contributed by atoms with Crippen LogP contribution in [0.5, 0.6) is 5.75 Å². The van der Waals surface area contributed by atoms with E-state index in [9.17, 15) is 5.11 Å². The van der Waals surface area contributed by atoms with Crippen LogP contribution in [-0.2, 0) is 12.8 Å². The predicted molar refractivity (Wildman–Crippen MR) is 60.6 cm³/mol. The molecule has 2 rings (SSSR count). The lowest BCUT2D eigenvalue weighted by molar-refractivity contribution is -0.525. The van der Waals surface area contributed by atoms with E-state index in [0.717, 1.165) is 0 Å². The molecule has 0 fully saturated rings. The van der Waals surface area contributed by atoms with Crippen LogP contribution in [0.15, 0.2) is 24.4 Å². The summed E-state index contributed by atoms with van der Waals surface area (Å²) in [5.74, 6) is 0.0526. The van der Waals surface area contributed by atoms with Crippen molar-refractivity contribution in [2.75, 3.05) is 13.2 Å². The van der Waals surface area contributed by atoms with E-state index in [1.807, 2.05) is 18.2 Å². The minimum atomic E-state index is -0.0673. The van der Waals surface area contributed by atoms with Crippen LogP contribution in [0.3, 0.4) is 0 Å². The van der Waals surface area contributed by atoms with Gasteiger partial charge in [0.05, 0.1) is 19.4 Å². The molecular weight excluding hydrogens is 220 g/mol. The van der Waals surface area contributed by atoms with Gasteiger partial charge in [-0.25, -0.2) is 0 Å². The maximum absolute atomic E-state index is 10.0. The number of hydrogen-bond acceptors (Lipinski definition) is 4. The second-order valence-corrected chi connectivity index (χ2v) is 3.73. The molecule has 2 heterocycles. The first-order valence-corrected chi connectivity index (χ1v) is 5.50. The van der Waals surface area contributed by atoms with Crippen molar-refractivity contribution in [2.24, 2.45) is 0 Å². The summed E-state index contributed by atoms with van der Waals surface area (Å²) in [6, 6.07) is 5.51. The number of nitrogens with zero attached hydrogens (tertiary/aromatic N) is 2. The fourth-order valence-corrected chi connectivity index (χ4v) is 1.85. The summed E-state index contributed by atoms with van der Waals surface area (Å²) >= 11 is 0. The number of aliphatic hydroxyl groups excluding tert-OH is 2. The average molecular weight is 235 g/mol. The van der Waals surface area contributed by atoms with Gasteiger partial charge in [-0.2, -0.15) is 4.40 Å². The first kappa shape index (κ1) is 11.8. The minimum Gasteiger partial charge on any atom is -0.501 e. The Balaban J connectivity index is 2.66. The van der Waals surface area contributed by atoms with Gasteiger partial charge in [-0.1, -0.05) is 6.07 Å². The zero-order valence-electron chi connectivity index (χ0n) is 9.37. The lowest BCUT2D eigenvalue weighted by atomic mass is 10.2. The highest BCUT2D eigenvalue weighted by Crippen LogP contribution is 2.19. The van der Waals surface area contributed by atoms with Gasteiger partial charge in [-0.05, 0) is 11.1 Å². The standard InChI is InChI=1S/C12H14N2O3/c15-7-4-9-12(17)10(5-8-16)14-6-2-1-3-11(14)13-9/h1-3,6,15-16H,4-5,7-8H2/p+1. The molecule has 2 aromatic rings. The fraction of sp³-hybridized carbons (Fsp3) is 0.333. The number of pyridine rings is 1. The molecule has 5 nitrogen and oxygen atoms in total. The Hall–Kier alpha value is -1.72. The van der Waals surface area contributed by atoms with Crippen molar-refractivity contribution >= 4 is 5.65 Å². The molecule has 0 aliphatic rings. The van der Waals surface area contributed by atoms with Crippen molar-refractivity contribution in [3.05, 3.63) is 35.8 Å². The van der Waals surface area contributed by atoms with Crippen molar-refractivity contribution in [1.82, 2.24) is 4.98 Å². The van der Waals surface area contributed by atoms with Gasteiger partial charge >= 0.3 is 5.65 Å². The molecule has 90 valence electrons. The third-order valence-electron chi connectivity index (χ3n) is 2.62. The van der Waals surface area contributed by atoms with Gasteiger partial charge < -0.3 is 15.3 Å². The Morgan fingerprint density at radius 3 is 2.59 bits per heavy atom. The lowest BCUT2D eigenvalue weighted by Gasteiger charge is -2.05. The average Bonchev–Trinajstić information content (AvgIpc) is 2.35. The van der Waals surface area contributed by atoms with E-state index >= 15 is 0 Å². The summed E-state index contributed by atoms with van der Waals surface area (Å²) in [6.07, 6.45) is 2.43. The minimum absolute atomic E-state index is 0.0485. The second-order valence-electron chi connectivity index (χ2n) is 3.73. The van der Waals surface area contributed by atoms with Crippen molar-refractivity contribution in [1.29, 1.82) is 0 Å². The van der Waals surface area contributed by atoms with Gasteiger partial charge in [0, 0.05) is 18.9 Å². The van der Waals surface area contributed by atoms with Crippen LogP contribution in [0.25, 0.3) is 5.65 Å². The molecule has 0 saturated heterocycles. The molecule has 0 atom stereocenters. The maximum atomic E-state index is 10.0. The molecule has 0 aliphatic carbocycles. The zero-order chi connectivity index (χ0) is 12.3. The summed E-state index contributed by atoms with van der Waals surface area (Å²) in [4.78, 5) is 4.28. The molecule has 0 aromatic carbocycles. The molecule has 0 unspecified atom stereocenters. The van der Waals surface area contributed by atoms with Crippen LogP contribution >= 0.6 is 0 Å². The smallest absolute Gasteiger partial charge is 0.328 e. The van der Waals surface area contributed by atoms with Gasteiger partial charge in [0.25, 0.3) is 0 Å². The largest absolute Gasteiger partial charge is 0.501 e. The Bertz CT molecular complexity index is 528. The first-order chi connectivity index (χ1) is 8.27. The predicted octanol–water partition coefficient (Wildman–Crippen LogP) is -0.404. The first-order valence-electron chi connectivity index (χ1n) is 5.50. The number of aliphatic hydroxyl groups is 2. The summed E-state index contributed by atoms with van der Waals surface area (Å²) in [5, 5.41) is 28.0. The van der Waals surface area contributed by atoms with E-state index in [1.54, 1.807) is 10.6 Å². The molecule has 0 saturated carbocycles. The maximum Gasteiger partial charge on any atom is 0.328 e. The molecule has 17 heavy (non-hydrogen) atoms. The zero-order valence-corrected chi connectivity index (χ0v) is 9.37. The third kappa shape index (κ3) is 2.20. The fourth-order valence-electron chi connectivity index (χ4n) is 1.85. The summed E-state index contributed by atoms with van der Waals surface area (Å²) in [7, 11) is 0. The van der Waals surface area contributed by atoms with Crippen molar-refractivity contribution in [3.63, 3.8) is 0 Å². The molecule has 2 aromatic heterocycles. The molecular formula is C12H15N2O3+. The van der Waals surface area contributed by atoms with E-state index in [4.69, 9.17) is 10.2 Å². The molecule has 0 spiro atoms. The highest BCUT2D eigenvalue weighted by atomic mass is 16.3. The van der Waals surface area contributed by atoms with E-state index in [2.05, 4.69) is 4.98 Å². The molecule has 5 heteroatoms. The quantitative estimate of drug-likeness (QED) is 0.630. The van der Waals surface area contributed by atoms with Gasteiger partial charge in [0.2, 0.25) is 11.4 Å². The monoisotopic (exact) mass is 235 g/mol. The Labute approximate surface area is 98.6 Å². The van der Waals surface area contributed by atoms with Crippen LogP contribution in [0, 0.1) is 0 Å². The summed E-state index contributed by atoms with van der Waals surface area (Å²) in [6.45, 7) is -0.116. The Kier molecular flexibility index (Phi) is 3.51. The SMILES string of the molecule is OCCc1nc2cccc[n+]2c(CCO)c1O. The Morgan fingerprint density at radius 2 is 1.88 bits per heavy atom. The van der Waals surface area contributed by atoms with E-state index in [-0.39, 0.29) is 19.0 Å². The molecule has 0 bridgehead atoms. The van der Waals surface area contributed by atoms with Gasteiger partial charge in [-0.15, -0.1) is 0 Å². The van der Waals surface area contributed by atoms with Crippen molar-refractivity contribution in [2.45, 2.75) is 12.8 Å². The summed E-state index contributed by atoms with van der Waals surface area (Å²) in [5.41, 5.74) is 1.76. The van der Waals surface area contributed by atoms with Crippen molar-refractivity contribution in [3.8, 4) is 5.75 Å². The summed E-state index contributed by atoms with van der Waals surface area (Å²) < 4.78 is 1.74. The number of aromatic nitrogens is 2. The third-order valence-corrected chi connectivity index (χ3v) is 2.62. The van der Waals surface area contributed by atoms with Gasteiger partial charge in [0.15, 0.2) is 5.69 Å². The van der Waals surface area contributed by atoms with Gasteiger partial charge in [-0.3, -0.25) is 0 Å². The second kappa shape index (κ2) is 5.07.